The van der Waals surface area contributed by atoms with Gasteiger partial charge in [-0.05, 0) is 18.2 Å². The van der Waals surface area contributed by atoms with Crippen molar-refractivity contribution >= 4 is 11.9 Å². The van der Waals surface area contributed by atoms with Crippen molar-refractivity contribution in [2.24, 2.45) is 0 Å². The molecule has 1 N–H and O–H groups in total. The molecule has 2 rings (SSSR count). The number of ether oxygens (including phenoxy) is 2. The Hall–Kier alpha value is -3.10. The highest BCUT2D eigenvalue weighted by atomic mass is 19.3. The van der Waals surface area contributed by atoms with Crippen molar-refractivity contribution in [2.75, 3.05) is 7.11 Å². The zero-order valence-corrected chi connectivity index (χ0v) is 14.0. The number of nitrogens with one attached hydrogen (secondary N) is 1. The van der Waals surface area contributed by atoms with Gasteiger partial charge in [-0.2, -0.15) is 8.78 Å². The lowest BCUT2D eigenvalue weighted by Gasteiger charge is -2.20. The number of carbonyl (C=O) groups excluding carboxylic acids is 2. The number of hydrogen-bond acceptors (Lipinski definition) is 4. The third-order valence-electron chi connectivity index (χ3n) is 3.59. The summed E-state index contributed by atoms with van der Waals surface area (Å²) in [7, 11) is 1.11. The van der Waals surface area contributed by atoms with E-state index in [1.807, 2.05) is 0 Å². The van der Waals surface area contributed by atoms with Crippen LogP contribution in [-0.2, 0) is 9.53 Å². The molecular formula is C18H15F4NO4. The lowest BCUT2D eigenvalue weighted by molar-refractivity contribution is -0.141. The summed E-state index contributed by atoms with van der Waals surface area (Å²) >= 11 is 0. The van der Waals surface area contributed by atoms with E-state index in [-0.39, 0.29) is 16.9 Å². The van der Waals surface area contributed by atoms with Crippen LogP contribution in [0.3, 0.4) is 0 Å². The van der Waals surface area contributed by atoms with Gasteiger partial charge in [-0.3, -0.25) is 9.59 Å². The second-order valence-electron chi connectivity index (χ2n) is 5.35. The maximum atomic E-state index is 14.1. The highest BCUT2D eigenvalue weighted by molar-refractivity contribution is 5.97. The highest BCUT2D eigenvalue weighted by Crippen LogP contribution is 2.25. The first kappa shape index (κ1) is 20.2. The lowest BCUT2D eigenvalue weighted by Crippen LogP contribution is -2.31. The fourth-order valence-electron chi connectivity index (χ4n) is 2.36. The summed E-state index contributed by atoms with van der Waals surface area (Å²) in [5, 5.41) is 2.36. The summed E-state index contributed by atoms with van der Waals surface area (Å²) in [6, 6.07) is 6.60. The first-order valence-electron chi connectivity index (χ1n) is 7.68. The SMILES string of the molecule is COC(=O)CC(NC(=O)c1ccccc1OC(F)F)c1ccc(F)cc1F. The lowest BCUT2D eigenvalue weighted by atomic mass is 10.0. The second kappa shape index (κ2) is 9.02. The van der Waals surface area contributed by atoms with Gasteiger partial charge in [-0.15, -0.1) is 0 Å². The molecule has 0 aliphatic heterocycles. The number of carbonyl (C=O) groups is 2. The summed E-state index contributed by atoms with van der Waals surface area (Å²) in [5.41, 5.74) is -0.405. The molecule has 2 aromatic carbocycles. The van der Waals surface area contributed by atoms with Gasteiger partial charge in [0.1, 0.15) is 17.4 Å². The first-order chi connectivity index (χ1) is 12.8. The maximum Gasteiger partial charge on any atom is 0.387 e. The molecule has 9 heteroatoms. The zero-order chi connectivity index (χ0) is 20.0. The Morgan fingerprint density at radius 3 is 2.44 bits per heavy atom. The fraction of sp³-hybridized carbons (Fsp3) is 0.222. The van der Waals surface area contributed by atoms with Crippen molar-refractivity contribution in [3.63, 3.8) is 0 Å². The highest BCUT2D eigenvalue weighted by Gasteiger charge is 2.24. The first-order valence-corrected chi connectivity index (χ1v) is 7.68. The van der Waals surface area contributed by atoms with Gasteiger partial charge in [0.05, 0.1) is 25.1 Å². The van der Waals surface area contributed by atoms with E-state index < -0.39 is 42.6 Å². The van der Waals surface area contributed by atoms with Gasteiger partial charge >= 0.3 is 12.6 Å². The molecule has 0 aliphatic carbocycles. The Labute approximate surface area is 151 Å². The van der Waals surface area contributed by atoms with Crippen LogP contribution in [0.25, 0.3) is 0 Å². The van der Waals surface area contributed by atoms with Crippen molar-refractivity contribution in [3.05, 3.63) is 65.2 Å². The van der Waals surface area contributed by atoms with Crippen molar-refractivity contribution in [2.45, 2.75) is 19.1 Å². The molecule has 1 atom stereocenters. The Bertz CT molecular complexity index is 829. The number of para-hydroxylation sites is 1. The summed E-state index contributed by atoms with van der Waals surface area (Å²) in [6.07, 6.45) is -0.456. The quantitative estimate of drug-likeness (QED) is 0.584. The number of alkyl halides is 2. The van der Waals surface area contributed by atoms with Crippen molar-refractivity contribution in [3.8, 4) is 5.75 Å². The van der Waals surface area contributed by atoms with E-state index in [2.05, 4.69) is 14.8 Å². The molecule has 0 saturated carbocycles. The number of hydrogen-bond donors (Lipinski definition) is 1. The van der Waals surface area contributed by atoms with Gasteiger partial charge in [0.2, 0.25) is 0 Å². The number of benzene rings is 2. The van der Waals surface area contributed by atoms with Crippen LogP contribution in [0.15, 0.2) is 42.5 Å². The summed E-state index contributed by atoms with van der Waals surface area (Å²) < 4.78 is 61.0. The minimum Gasteiger partial charge on any atom is -0.469 e. The number of rotatable bonds is 7. The molecule has 2 aromatic rings. The summed E-state index contributed by atoms with van der Waals surface area (Å²) in [5.74, 6) is -3.86. The van der Waals surface area contributed by atoms with Crippen molar-refractivity contribution in [1.29, 1.82) is 0 Å². The predicted octanol–water partition coefficient (Wildman–Crippen LogP) is 3.60. The average molecular weight is 385 g/mol. The molecule has 5 nitrogen and oxygen atoms in total. The summed E-state index contributed by atoms with van der Waals surface area (Å²) in [6.45, 7) is -3.15. The van der Waals surface area contributed by atoms with Crippen LogP contribution < -0.4 is 10.1 Å². The molecular weight excluding hydrogens is 370 g/mol. The molecule has 0 radical (unpaired) electrons. The van der Waals surface area contributed by atoms with Gasteiger partial charge in [0, 0.05) is 11.6 Å². The number of amides is 1. The Morgan fingerprint density at radius 2 is 1.81 bits per heavy atom. The molecule has 1 amide bonds. The number of methoxy groups -OCH3 is 1. The standard InChI is InChI=1S/C18H15F4NO4/c1-26-16(24)9-14(11-7-6-10(19)8-13(11)20)23-17(25)12-4-2-3-5-15(12)27-18(21)22/h2-8,14,18H,9H2,1H3,(H,23,25). The predicted molar refractivity (Wildman–Crippen MR) is 86.3 cm³/mol. The van der Waals surface area contributed by atoms with Crippen LogP contribution in [-0.4, -0.2) is 25.6 Å². The van der Waals surface area contributed by atoms with E-state index in [0.717, 1.165) is 25.3 Å². The molecule has 144 valence electrons. The van der Waals surface area contributed by atoms with Gasteiger partial charge in [-0.25, -0.2) is 8.78 Å². The molecule has 0 heterocycles. The van der Waals surface area contributed by atoms with Crippen LogP contribution in [0.5, 0.6) is 5.75 Å². The Kier molecular flexibility index (Phi) is 6.75. The molecule has 0 fully saturated rings. The van der Waals surface area contributed by atoms with Crippen LogP contribution in [0.4, 0.5) is 17.6 Å². The third kappa shape index (κ3) is 5.44. The van der Waals surface area contributed by atoms with Crippen LogP contribution in [0.2, 0.25) is 0 Å². The summed E-state index contributed by atoms with van der Waals surface area (Å²) in [4.78, 5) is 24.1. The zero-order valence-electron chi connectivity index (χ0n) is 14.0. The van der Waals surface area contributed by atoms with Gasteiger partial charge in [0.25, 0.3) is 5.91 Å². The molecule has 1 unspecified atom stereocenters. The van der Waals surface area contributed by atoms with Gasteiger partial charge < -0.3 is 14.8 Å². The van der Waals surface area contributed by atoms with Crippen LogP contribution in [0.1, 0.15) is 28.4 Å². The number of halogens is 4. The molecule has 0 bridgehead atoms. The Morgan fingerprint density at radius 1 is 1.11 bits per heavy atom. The minimum absolute atomic E-state index is 0.164. The van der Waals surface area contributed by atoms with Crippen molar-refractivity contribution in [1.82, 2.24) is 5.32 Å². The molecule has 0 aliphatic rings. The van der Waals surface area contributed by atoms with E-state index in [9.17, 15) is 27.2 Å². The Balaban J connectivity index is 2.32. The molecule has 0 spiro atoms. The van der Waals surface area contributed by atoms with E-state index in [0.29, 0.717) is 6.07 Å². The molecule has 27 heavy (non-hydrogen) atoms. The largest absolute Gasteiger partial charge is 0.469 e. The topological polar surface area (TPSA) is 64.6 Å². The van der Waals surface area contributed by atoms with Crippen LogP contribution in [0, 0.1) is 11.6 Å². The minimum atomic E-state index is -3.15. The monoisotopic (exact) mass is 385 g/mol. The maximum absolute atomic E-state index is 14.1. The second-order valence-corrected chi connectivity index (χ2v) is 5.35. The van der Waals surface area contributed by atoms with E-state index >= 15 is 0 Å². The van der Waals surface area contributed by atoms with E-state index in [4.69, 9.17) is 0 Å². The fourth-order valence-corrected chi connectivity index (χ4v) is 2.36. The van der Waals surface area contributed by atoms with E-state index in [1.165, 1.54) is 18.2 Å². The van der Waals surface area contributed by atoms with Gasteiger partial charge in [-0.1, -0.05) is 18.2 Å². The average Bonchev–Trinajstić information content (AvgIpc) is 2.61. The molecule has 0 aromatic heterocycles. The number of esters is 1. The van der Waals surface area contributed by atoms with Crippen molar-refractivity contribution < 1.29 is 36.6 Å². The molecule has 0 saturated heterocycles. The normalized spacial score (nSPS) is 11.8. The van der Waals surface area contributed by atoms with Crippen LogP contribution >= 0.6 is 0 Å². The van der Waals surface area contributed by atoms with Gasteiger partial charge in [0.15, 0.2) is 0 Å². The third-order valence-corrected chi connectivity index (χ3v) is 3.59. The smallest absolute Gasteiger partial charge is 0.387 e. The van der Waals surface area contributed by atoms with E-state index in [1.54, 1.807) is 0 Å².